The standard InChI is InChI=1S/C15H15Cl2N3O2/c1-9-6-13(19-18-9)15(21)20-4-5-22-14(8-20)10-2-3-11(16)12(17)7-10/h2-3,6-7,14H,4-5,8H2,1H3,(H,18,19)/t14-/m0/s1. The van der Waals surface area contributed by atoms with E-state index in [-0.39, 0.29) is 12.0 Å². The highest BCUT2D eigenvalue weighted by Gasteiger charge is 2.27. The van der Waals surface area contributed by atoms with E-state index in [2.05, 4.69) is 10.2 Å². The average Bonchev–Trinajstić information content (AvgIpc) is 2.96. The van der Waals surface area contributed by atoms with Gasteiger partial charge in [0.2, 0.25) is 0 Å². The van der Waals surface area contributed by atoms with Gasteiger partial charge in [0.1, 0.15) is 11.8 Å². The maximum absolute atomic E-state index is 12.5. The van der Waals surface area contributed by atoms with Crippen LogP contribution >= 0.6 is 23.2 Å². The number of hydrogen-bond donors (Lipinski definition) is 1. The fourth-order valence-corrected chi connectivity index (χ4v) is 2.74. The molecule has 7 heteroatoms. The molecule has 1 aliphatic heterocycles. The van der Waals surface area contributed by atoms with E-state index in [0.717, 1.165) is 11.3 Å². The van der Waals surface area contributed by atoms with Gasteiger partial charge in [-0.1, -0.05) is 29.3 Å². The van der Waals surface area contributed by atoms with Crippen molar-refractivity contribution in [3.8, 4) is 0 Å². The number of nitrogens with zero attached hydrogens (tertiary/aromatic N) is 2. The summed E-state index contributed by atoms with van der Waals surface area (Å²) in [5, 5.41) is 7.78. The number of carbonyl (C=O) groups is 1. The predicted octanol–water partition coefficient (Wildman–Crippen LogP) is 3.24. The molecule has 5 nitrogen and oxygen atoms in total. The second-order valence-corrected chi connectivity index (χ2v) is 6.03. The second kappa shape index (κ2) is 6.28. The van der Waals surface area contributed by atoms with E-state index in [1.807, 2.05) is 13.0 Å². The maximum Gasteiger partial charge on any atom is 0.274 e. The summed E-state index contributed by atoms with van der Waals surface area (Å²) in [6.07, 6.45) is -0.215. The molecule has 0 unspecified atom stereocenters. The molecule has 1 amide bonds. The van der Waals surface area contributed by atoms with Crippen LogP contribution in [0.2, 0.25) is 10.0 Å². The number of aromatic nitrogens is 2. The topological polar surface area (TPSA) is 58.2 Å². The van der Waals surface area contributed by atoms with Gasteiger partial charge in [-0.15, -0.1) is 0 Å². The summed E-state index contributed by atoms with van der Waals surface area (Å²) in [5.74, 6) is -0.0993. The molecular formula is C15H15Cl2N3O2. The Balaban J connectivity index is 1.76. The number of morpholine rings is 1. The predicted molar refractivity (Wildman–Crippen MR) is 84.4 cm³/mol. The van der Waals surface area contributed by atoms with E-state index in [0.29, 0.717) is 35.4 Å². The largest absolute Gasteiger partial charge is 0.370 e. The van der Waals surface area contributed by atoms with Gasteiger partial charge in [0, 0.05) is 12.2 Å². The number of amides is 1. The number of aromatic amines is 1. The van der Waals surface area contributed by atoms with E-state index in [9.17, 15) is 4.79 Å². The molecule has 1 N–H and O–H groups in total. The molecule has 1 fully saturated rings. The fraction of sp³-hybridized carbons (Fsp3) is 0.333. The fourth-order valence-electron chi connectivity index (χ4n) is 2.44. The molecule has 0 radical (unpaired) electrons. The second-order valence-electron chi connectivity index (χ2n) is 5.22. The molecule has 2 aromatic rings. The van der Waals surface area contributed by atoms with E-state index in [1.54, 1.807) is 23.1 Å². The van der Waals surface area contributed by atoms with Crippen LogP contribution in [-0.4, -0.2) is 40.7 Å². The number of rotatable bonds is 2. The molecule has 0 bridgehead atoms. The molecule has 1 saturated heterocycles. The minimum atomic E-state index is -0.215. The summed E-state index contributed by atoms with van der Waals surface area (Å²) in [6, 6.07) is 7.12. The number of benzene rings is 1. The summed E-state index contributed by atoms with van der Waals surface area (Å²) in [4.78, 5) is 14.2. The monoisotopic (exact) mass is 339 g/mol. The first-order valence-corrected chi connectivity index (χ1v) is 7.68. The molecule has 3 rings (SSSR count). The quantitative estimate of drug-likeness (QED) is 0.913. The number of carbonyl (C=O) groups excluding carboxylic acids is 1. The van der Waals surface area contributed by atoms with Gasteiger partial charge in [0.15, 0.2) is 0 Å². The van der Waals surface area contributed by atoms with Gasteiger partial charge >= 0.3 is 0 Å². The Morgan fingerprint density at radius 1 is 1.36 bits per heavy atom. The number of H-pyrrole nitrogens is 1. The average molecular weight is 340 g/mol. The number of halogens is 2. The summed E-state index contributed by atoms with van der Waals surface area (Å²) < 4.78 is 5.76. The minimum Gasteiger partial charge on any atom is -0.370 e. The van der Waals surface area contributed by atoms with Gasteiger partial charge in [-0.3, -0.25) is 9.89 Å². The molecular weight excluding hydrogens is 325 g/mol. The molecule has 1 aliphatic rings. The Kier molecular flexibility index (Phi) is 4.38. The van der Waals surface area contributed by atoms with Gasteiger partial charge in [0.25, 0.3) is 5.91 Å². The van der Waals surface area contributed by atoms with E-state index in [1.165, 1.54) is 0 Å². The molecule has 22 heavy (non-hydrogen) atoms. The SMILES string of the molecule is Cc1cc(C(=O)N2CCO[C@H](c3ccc(Cl)c(Cl)c3)C2)n[nH]1. The van der Waals surface area contributed by atoms with Crippen LogP contribution < -0.4 is 0 Å². The van der Waals surface area contributed by atoms with Crippen LogP contribution in [0.4, 0.5) is 0 Å². The zero-order chi connectivity index (χ0) is 15.7. The Hall–Kier alpha value is -1.56. The van der Waals surface area contributed by atoms with Crippen molar-refractivity contribution in [2.24, 2.45) is 0 Å². The number of ether oxygens (including phenoxy) is 1. The lowest BCUT2D eigenvalue weighted by Crippen LogP contribution is -2.42. The summed E-state index contributed by atoms with van der Waals surface area (Å²) in [7, 11) is 0. The van der Waals surface area contributed by atoms with E-state index in [4.69, 9.17) is 27.9 Å². The third kappa shape index (κ3) is 3.11. The Morgan fingerprint density at radius 3 is 2.86 bits per heavy atom. The molecule has 0 saturated carbocycles. The molecule has 0 spiro atoms. The first-order valence-electron chi connectivity index (χ1n) is 6.92. The van der Waals surface area contributed by atoms with Crippen LogP contribution in [0.25, 0.3) is 0 Å². The smallest absolute Gasteiger partial charge is 0.274 e. The zero-order valence-corrected chi connectivity index (χ0v) is 13.5. The molecule has 1 atom stereocenters. The minimum absolute atomic E-state index is 0.0993. The van der Waals surface area contributed by atoms with Gasteiger partial charge in [0.05, 0.1) is 23.2 Å². The van der Waals surface area contributed by atoms with Gasteiger partial charge < -0.3 is 9.64 Å². The zero-order valence-electron chi connectivity index (χ0n) is 12.0. The van der Waals surface area contributed by atoms with Crippen molar-refractivity contribution in [3.63, 3.8) is 0 Å². The van der Waals surface area contributed by atoms with Crippen LogP contribution in [0.1, 0.15) is 27.8 Å². The summed E-state index contributed by atoms with van der Waals surface area (Å²) in [6.45, 7) is 3.34. The van der Waals surface area contributed by atoms with Crippen molar-refractivity contribution in [2.45, 2.75) is 13.0 Å². The van der Waals surface area contributed by atoms with Gasteiger partial charge in [-0.25, -0.2) is 0 Å². The highest BCUT2D eigenvalue weighted by Crippen LogP contribution is 2.29. The lowest BCUT2D eigenvalue weighted by atomic mass is 10.1. The summed E-state index contributed by atoms with van der Waals surface area (Å²) in [5.41, 5.74) is 2.19. The molecule has 0 aliphatic carbocycles. The van der Waals surface area contributed by atoms with Crippen molar-refractivity contribution < 1.29 is 9.53 Å². The highest BCUT2D eigenvalue weighted by atomic mass is 35.5. The Morgan fingerprint density at radius 2 is 2.18 bits per heavy atom. The Bertz CT molecular complexity index is 702. The highest BCUT2D eigenvalue weighted by molar-refractivity contribution is 6.42. The Labute approximate surface area is 138 Å². The van der Waals surface area contributed by atoms with Gasteiger partial charge in [-0.2, -0.15) is 5.10 Å². The number of nitrogens with one attached hydrogen (secondary N) is 1. The maximum atomic E-state index is 12.5. The lowest BCUT2D eigenvalue weighted by Gasteiger charge is -2.32. The molecule has 116 valence electrons. The van der Waals surface area contributed by atoms with Crippen molar-refractivity contribution in [1.29, 1.82) is 0 Å². The van der Waals surface area contributed by atoms with Crippen LogP contribution in [-0.2, 0) is 4.74 Å². The van der Waals surface area contributed by atoms with Crippen LogP contribution in [0.5, 0.6) is 0 Å². The first-order chi connectivity index (χ1) is 10.5. The van der Waals surface area contributed by atoms with Crippen molar-refractivity contribution in [1.82, 2.24) is 15.1 Å². The third-order valence-corrected chi connectivity index (χ3v) is 4.33. The molecule has 1 aromatic heterocycles. The normalized spacial score (nSPS) is 18.5. The summed E-state index contributed by atoms with van der Waals surface area (Å²) >= 11 is 12.0. The van der Waals surface area contributed by atoms with Crippen molar-refractivity contribution in [2.75, 3.05) is 19.7 Å². The van der Waals surface area contributed by atoms with Crippen molar-refractivity contribution in [3.05, 3.63) is 51.3 Å². The molecule has 2 heterocycles. The van der Waals surface area contributed by atoms with Crippen LogP contribution in [0.3, 0.4) is 0 Å². The number of aryl methyl sites for hydroxylation is 1. The van der Waals surface area contributed by atoms with Crippen LogP contribution in [0.15, 0.2) is 24.3 Å². The lowest BCUT2D eigenvalue weighted by molar-refractivity contribution is -0.0230. The van der Waals surface area contributed by atoms with E-state index >= 15 is 0 Å². The third-order valence-electron chi connectivity index (χ3n) is 3.59. The number of hydrogen-bond acceptors (Lipinski definition) is 3. The van der Waals surface area contributed by atoms with Crippen LogP contribution in [0, 0.1) is 6.92 Å². The van der Waals surface area contributed by atoms with Crippen molar-refractivity contribution >= 4 is 29.1 Å². The van der Waals surface area contributed by atoms with E-state index < -0.39 is 0 Å². The molecule has 1 aromatic carbocycles. The van der Waals surface area contributed by atoms with Gasteiger partial charge in [-0.05, 0) is 30.7 Å². The first kappa shape index (κ1) is 15.3.